The summed E-state index contributed by atoms with van der Waals surface area (Å²) in [4.78, 5) is 11.1. The molecule has 0 fully saturated rings. The molecule has 0 aliphatic heterocycles. The number of halogens is 2. The molecule has 0 amide bonds. The molecule has 0 aliphatic carbocycles. The number of carbonyl (C=O) groups excluding carboxylic acids is 1. The normalized spacial score (nSPS) is 9.92. The predicted octanol–water partition coefficient (Wildman–Crippen LogP) is 2.98. The van der Waals surface area contributed by atoms with Gasteiger partial charge in [-0.15, -0.1) is 0 Å². The molecule has 0 saturated heterocycles. The van der Waals surface area contributed by atoms with E-state index in [1.807, 2.05) is 0 Å². The summed E-state index contributed by atoms with van der Waals surface area (Å²) in [5, 5.41) is 0. The average Bonchev–Trinajstić information content (AvgIpc) is 2.30. The third kappa shape index (κ3) is 2.10. The highest BCUT2D eigenvalue weighted by atomic mass is 79.9. The highest BCUT2D eigenvalue weighted by Gasteiger charge is 2.15. The van der Waals surface area contributed by atoms with E-state index >= 15 is 0 Å². The molecule has 1 rings (SSSR count). The Kier molecular flexibility index (Phi) is 3.34. The molecule has 12 heavy (non-hydrogen) atoms. The van der Waals surface area contributed by atoms with E-state index < -0.39 is 0 Å². The van der Waals surface area contributed by atoms with E-state index in [0.717, 1.165) is 0 Å². The van der Waals surface area contributed by atoms with Crippen molar-refractivity contribution in [1.82, 2.24) is 0 Å². The maximum absolute atomic E-state index is 11.1. The molecule has 0 radical (unpaired) electrons. The summed E-state index contributed by atoms with van der Waals surface area (Å²) in [5.74, 6) is -0.390. The minimum atomic E-state index is -0.390. The van der Waals surface area contributed by atoms with Crippen LogP contribution < -0.4 is 0 Å². The molecule has 0 N–H and O–H groups in total. The van der Waals surface area contributed by atoms with Gasteiger partial charge in [0.05, 0.1) is 6.61 Å². The van der Waals surface area contributed by atoms with E-state index in [4.69, 9.17) is 9.15 Å². The average molecular weight is 298 g/mol. The quantitative estimate of drug-likeness (QED) is 0.788. The molecule has 3 nitrogen and oxygen atoms in total. The van der Waals surface area contributed by atoms with Crippen LogP contribution in [0.25, 0.3) is 0 Å². The first-order chi connectivity index (χ1) is 5.65. The van der Waals surface area contributed by atoms with Gasteiger partial charge in [-0.25, -0.2) is 4.79 Å². The molecule has 5 heteroatoms. The maximum atomic E-state index is 11.1. The summed E-state index contributed by atoms with van der Waals surface area (Å²) < 4.78 is 10.7. The highest BCUT2D eigenvalue weighted by molar-refractivity contribution is 9.11. The molecule has 1 heterocycles. The zero-order chi connectivity index (χ0) is 9.14. The SMILES string of the molecule is CCOC(=O)c1cc(Br)oc1Br. The highest BCUT2D eigenvalue weighted by Crippen LogP contribution is 2.25. The Morgan fingerprint density at radius 1 is 1.67 bits per heavy atom. The molecule has 0 bridgehead atoms. The number of hydrogen-bond acceptors (Lipinski definition) is 3. The Labute approximate surface area is 86.3 Å². The van der Waals surface area contributed by atoms with Crippen LogP contribution in [-0.4, -0.2) is 12.6 Å². The Balaban J connectivity index is 2.87. The second kappa shape index (κ2) is 4.09. The molecular weight excluding hydrogens is 292 g/mol. The van der Waals surface area contributed by atoms with Crippen LogP contribution in [0.2, 0.25) is 0 Å². The van der Waals surface area contributed by atoms with Crippen molar-refractivity contribution in [3.8, 4) is 0 Å². The summed E-state index contributed by atoms with van der Waals surface area (Å²) in [6, 6.07) is 1.56. The first-order valence-corrected chi connectivity index (χ1v) is 4.85. The topological polar surface area (TPSA) is 39.4 Å². The van der Waals surface area contributed by atoms with Crippen LogP contribution in [-0.2, 0) is 4.74 Å². The maximum Gasteiger partial charge on any atom is 0.342 e. The molecule has 0 unspecified atom stereocenters. The van der Waals surface area contributed by atoms with Crippen LogP contribution in [0.15, 0.2) is 19.8 Å². The first kappa shape index (κ1) is 9.80. The number of furan rings is 1. The van der Waals surface area contributed by atoms with Gasteiger partial charge in [-0.3, -0.25) is 0 Å². The Morgan fingerprint density at radius 3 is 2.75 bits per heavy atom. The van der Waals surface area contributed by atoms with Crippen molar-refractivity contribution in [2.24, 2.45) is 0 Å². The van der Waals surface area contributed by atoms with E-state index in [0.29, 0.717) is 21.5 Å². The van der Waals surface area contributed by atoms with Gasteiger partial charge in [-0.2, -0.15) is 0 Å². The van der Waals surface area contributed by atoms with E-state index in [-0.39, 0.29) is 5.97 Å². The van der Waals surface area contributed by atoms with Crippen molar-refractivity contribution in [2.45, 2.75) is 6.92 Å². The third-order valence-corrected chi connectivity index (χ3v) is 2.13. The van der Waals surface area contributed by atoms with Gasteiger partial charge in [0.2, 0.25) is 0 Å². The molecule has 0 aromatic carbocycles. The molecule has 0 aliphatic rings. The van der Waals surface area contributed by atoms with Gasteiger partial charge < -0.3 is 9.15 Å². The van der Waals surface area contributed by atoms with Crippen LogP contribution in [0.4, 0.5) is 0 Å². The summed E-state index contributed by atoms with van der Waals surface area (Å²) in [6.45, 7) is 2.11. The lowest BCUT2D eigenvalue weighted by atomic mass is 10.3. The van der Waals surface area contributed by atoms with Crippen LogP contribution in [0, 0.1) is 0 Å². The van der Waals surface area contributed by atoms with Crippen LogP contribution in [0.1, 0.15) is 17.3 Å². The van der Waals surface area contributed by atoms with Crippen LogP contribution in [0.3, 0.4) is 0 Å². The number of ether oxygens (including phenoxy) is 1. The molecule has 66 valence electrons. The predicted molar refractivity (Wildman–Crippen MR) is 50.1 cm³/mol. The van der Waals surface area contributed by atoms with Gasteiger partial charge in [-0.05, 0) is 38.8 Å². The van der Waals surface area contributed by atoms with Gasteiger partial charge in [0, 0.05) is 6.07 Å². The number of hydrogen-bond donors (Lipinski definition) is 0. The van der Waals surface area contributed by atoms with Crippen molar-refractivity contribution in [3.63, 3.8) is 0 Å². The van der Waals surface area contributed by atoms with Crippen molar-refractivity contribution < 1.29 is 13.9 Å². The Hall–Kier alpha value is -0.290. The van der Waals surface area contributed by atoms with Crippen LogP contribution >= 0.6 is 31.9 Å². The summed E-state index contributed by atoms with van der Waals surface area (Å²) >= 11 is 6.19. The van der Waals surface area contributed by atoms with Gasteiger partial charge in [0.1, 0.15) is 5.56 Å². The number of esters is 1. The smallest absolute Gasteiger partial charge is 0.342 e. The molecule has 1 aromatic rings. The Morgan fingerprint density at radius 2 is 2.33 bits per heavy atom. The zero-order valence-electron chi connectivity index (χ0n) is 6.27. The van der Waals surface area contributed by atoms with Crippen molar-refractivity contribution in [2.75, 3.05) is 6.61 Å². The Bertz CT molecular complexity index is 293. The minimum Gasteiger partial charge on any atom is -0.462 e. The fourth-order valence-electron chi connectivity index (χ4n) is 0.688. The second-order valence-corrected chi connectivity index (χ2v) is 3.46. The van der Waals surface area contributed by atoms with Crippen molar-refractivity contribution in [3.05, 3.63) is 21.0 Å². The molecule has 1 aromatic heterocycles. The standard InChI is InChI=1S/C7H6Br2O3/c1-2-11-7(10)4-3-5(8)12-6(4)9/h3H,2H2,1H3. The van der Waals surface area contributed by atoms with E-state index in [9.17, 15) is 4.79 Å². The zero-order valence-corrected chi connectivity index (χ0v) is 9.44. The number of rotatable bonds is 2. The molecular formula is C7H6Br2O3. The molecule has 0 atom stereocenters. The summed E-state index contributed by atoms with van der Waals surface area (Å²) in [5.41, 5.74) is 0.392. The first-order valence-electron chi connectivity index (χ1n) is 3.27. The molecule has 0 saturated carbocycles. The van der Waals surface area contributed by atoms with Gasteiger partial charge in [-0.1, -0.05) is 0 Å². The van der Waals surface area contributed by atoms with Gasteiger partial charge >= 0.3 is 5.97 Å². The molecule has 0 spiro atoms. The van der Waals surface area contributed by atoms with Crippen molar-refractivity contribution in [1.29, 1.82) is 0 Å². The minimum absolute atomic E-state index is 0.355. The van der Waals surface area contributed by atoms with Gasteiger partial charge in [0.25, 0.3) is 0 Å². The lowest BCUT2D eigenvalue weighted by Crippen LogP contribution is -2.03. The monoisotopic (exact) mass is 296 g/mol. The van der Waals surface area contributed by atoms with Crippen molar-refractivity contribution >= 4 is 37.8 Å². The van der Waals surface area contributed by atoms with E-state index in [1.165, 1.54) is 0 Å². The summed E-state index contributed by atoms with van der Waals surface area (Å²) in [7, 11) is 0. The fraction of sp³-hybridized carbons (Fsp3) is 0.286. The van der Waals surface area contributed by atoms with E-state index in [1.54, 1.807) is 13.0 Å². The fourth-order valence-corrected chi connectivity index (χ4v) is 1.75. The lowest BCUT2D eigenvalue weighted by Gasteiger charge is -1.96. The largest absolute Gasteiger partial charge is 0.462 e. The lowest BCUT2D eigenvalue weighted by molar-refractivity contribution is 0.0524. The third-order valence-electron chi connectivity index (χ3n) is 1.15. The number of carbonyl (C=O) groups is 1. The second-order valence-electron chi connectivity index (χ2n) is 1.96. The summed E-state index contributed by atoms with van der Waals surface area (Å²) in [6.07, 6.45) is 0. The van der Waals surface area contributed by atoms with E-state index in [2.05, 4.69) is 31.9 Å². The van der Waals surface area contributed by atoms with Gasteiger partial charge in [0.15, 0.2) is 9.34 Å². The van der Waals surface area contributed by atoms with Crippen LogP contribution in [0.5, 0.6) is 0 Å².